The van der Waals surface area contributed by atoms with Gasteiger partial charge in [-0.05, 0) is 61.6 Å². The van der Waals surface area contributed by atoms with E-state index >= 15 is 0 Å². The zero-order valence-electron chi connectivity index (χ0n) is 48.1. The van der Waals surface area contributed by atoms with Crippen molar-refractivity contribution in [3.63, 3.8) is 0 Å². The molecule has 3 aromatic carbocycles. The van der Waals surface area contributed by atoms with Gasteiger partial charge in [0, 0.05) is 39.1 Å². The third kappa shape index (κ3) is 32.0. The lowest BCUT2D eigenvalue weighted by molar-refractivity contribution is -0.149. The van der Waals surface area contributed by atoms with Crippen LogP contribution in [0.15, 0.2) is 103 Å². The van der Waals surface area contributed by atoms with E-state index in [1.165, 1.54) is 44.9 Å². The van der Waals surface area contributed by atoms with Gasteiger partial charge in [-0.25, -0.2) is 0 Å². The second-order valence-corrected chi connectivity index (χ2v) is 20.0. The van der Waals surface area contributed by atoms with E-state index < -0.39 is 17.7 Å². The van der Waals surface area contributed by atoms with E-state index in [0.717, 1.165) is 100 Å². The predicted molar refractivity (Wildman–Crippen MR) is 311 cm³/mol. The predicted octanol–water partition coefficient (Wildman–Crippen LogP) is 13.5. The fourth-order valence-electron chi connectivity index (χ4n) is 9.18. The molecule has 1 atom stereocenters. The van der Waals surface area contributed by atoms with Crippen molar-refractivity contribution in [3.8, 4) is 0 Å². The maximum Gasteiger partial charge on any atom is 0.306 e. The van der Waals surface area contributed by atoms with Gasteiger partial charge in [0.15, 0.2) is 6.10 Å². The van der Waals surface area contributed by atoms with Crippen LogP contribution >= 0.6 is 0 Å². The highest BCUT2D eigenvalue weighted by Gasteiger charge is 2.37. The first-order valence-corrected chi connectivity index (χ1v) is 30.0. The monoisotopic (exact) mass is 1090 g/mol. The van der Waals surface area contributed by atoms with Crippen LogP contribution in [-0.4, -0.2) is 133 Å². The molecule has 0 radical (unpaired) electrons. The van der Waals surface area contributed by atoms with Gasteiger partial charge in [0.25, 0.3) is 5.91 Å². The number of hydrogen-bond acceptors (Lipinski definition) is 11. The van der Waals surface area contributed by atoms with Crippen LogP contribution in [0.1, 0.15) is 178 Å². The molecule has 0 saturated carbocycles. The lowest BCUT2D eigenvalue weighted by Crippen LogP contribution is -2.45. The van der Waals surface area contributed by atoms with Crippen LogP contribution in [0.3, 0.4) is 0 Å². The Labute approximate surface area is 470 Å². The van der Waals surface area contributed by atoms with E-state index in [1.807, 2.05) is 65.6 Å². The van der Waals surface area contributed by atoms with Gasteiger partial charge < -0.3 is 47.9 Å². The normalized spacial score (nSPS) is 12.1. The molecule has 78 heavy (non-hydrogen) atoms. The molecule has 438 valence electrons. The van der Waals surface area contributed by atoms with Crippen molar-refractivity contribution in [2.24, 2.45) is 0 Å². The Bertz CT molecular complexity index is 1800. The maximum absolute atomic E-state index is 14.2. The molecule has 0 spiro atoms. The molecule has 3 aromatic rings. The maximum atomic E-state index is 14.2. The number of amides is 1. The minimum absolute atomic E-state index is 0.0738. The van der Waals surface area contributed by atoms with E-state index in [-0.39, 0.29) is 24.9 Å². The second kappa shape index (κ2) is 47.3. The molecule has 0 aromatic heterocycles. The van der Waals surface area contributed by atoms with E-state index in [9.17, 15) is 14.4 Å². The molecule has 3 rings (SSSR count). The topological polar surface area (TPSA) is 149 Å². The van der Waals surface area contributed by atoms with Crippen LogP contribution in [0, 0.1) is 0 Å². The number of nitrogens with zero attached hydrogens (tertiary/aromatic N) is 1. The summed E-state index contributed by atoms with van der Waals surface area (Å²) in [5.74, 6) is -0.977. The van der Waals surface area contributed by atoms with Gasteiger partial charge in [-0.15, -0.1) is 0 Å². The number of benzene rings is 3. The van der Waals surface area contributed by atoms with Crippen LogP contribution in [0.5, 0.6) is 0 Å². The van der Waals surface area contributed by atoms with Crippen molar-refractivity contribution in [1.29, 1.82) is 0 Å². The van der Waals surface area contributed by atoms with Gasteiger partial charge in [-0.1, -0.05) is 207 Å². The zero-order chi connectivity index (χ0) is 55.7. The van der Waals surface area contributed by atoms with Gasteiger partial charge >= 0.3 is 11.9 Å². The number of carbonyl (C=O) groups is 3. The largest absolute Gasteiger partial charge is 0.481 e. The average molecular weight is 1090 g/mol. The highest BCUT2D eigenvalue weighted by molar-refractivity contribution is 5.81. The van der Waals surface area contributed by atoms with Crippen LogP contribution < -0.4 is 0 Å². The summed E-state index contributed by atoms with van der Waals surface area (Å²) in [6, 6.07) is 31.0. The first kappa shape index (κ1) is 67.8. The Morgan fingerprint density at radius 2 is 0.936 bits per heavy atom. The molecule has 0 bridgehead atoms. The molecular weight excluding hydrogens is 987 g/mol. The summed E-state index contributed by atoms with van der Waals surface area (Å²) in [5.41, 5.74) is 2.37. The van der Waals surface area contributed by atoms with Gasteiger partial charge in [-0.2, -0.15) is 0 Å². The summed E-state index contributed by atoms with van der Waals surface area (Å²) >= 11 is 0. The standard InChI is InChI=1S/C65H101NO12/c1-3-5-7-9-11-18-34-47-77-63(69)42-30-15-13-19-33-46-76-61(57-75-45-32-17-12-14-29-41-62(67)68)64(70)66(43-31-16-10-8-6-4-2)44-48-71-49-50-72-51-52-73-53-54-74-55-56-78-65(58-35-23-20-24-36-58,59-37-25-21-26-38-59)60-39-27-22-28-40-60/h18,20-28,34-40,61H,3-17,19,29-33,41-57H2,1-2H3,(H,67,68)/b34-18-. The Morgan fingerprint density at radius 1 is 0.474 bits per heavy atom. The molecule has 13 nitrogen and oxygen atoms in total. The fraction of sp³-hybridized carbons (Fsp3) is 0.646. The molecular formula is C65H101NO12. The average Bonchev–Trinajstić information content (AvgIpc) is 3.54. The highest BCUT2D eigenvalue weighted by atomic mass is 16.6. The number of esters is 1. The number of rotatable bonds is 53. The molecule has 0 fully saturated rings. The number of aliphatic carboxylic acids is 1. The molecule has 0 aliphatic carbocycles. The van der Waals surface area contributed by atoms with Crippen LogP contribution in [-0.2, 0) is 57.9 Å². The van der Waals surface area contributed by atoms with Crippen LogP contribution in [0.2, 0.25) is 0 Å². The minimum atomic E-state index is -0.786. The lowest BCUT2D eigenvalue weighted by Gasteiger charge is -2.36. The summed E-state index contributed by atoms with van der Waals surface area (Å²) < 4.78 is 48.1. The second-order valence-electron chi connectivity index (χ2n) is 20.0. The molecule has 13 heteroatoms. The molecule has 0 heterocycles. The third-order valence-corrected chi connectivity index (χ3v) is 13.6. The van der Waals surface area contributed by atoms with Gasteiger partial charge in [0.1, 0.15) is 12.2 Å². The third-order valence-electron chi connectivity index (χ3n) is 13.6. The number of allylic oxidation sites excluding steroid dienone is 1. The molecule has 0 aliphatic rings. The zero-order valence-corrected chi connectivity index (χ0v) is 48.1. The molecule has 1 amide bonds. The van der Waals surface area contributed by atoms with Crippen LogP contribution in [0.4, 0.5) is 0 Å². The Morgan fingerprint density at radius 3 is 1.49 bits per heavy atom. The SMILES string of the molecule is CCCCCC/C=C\COC(=O)CCCCCCCOC(COCCCCCCCC(=O)O)C(=O)N(CCCCCCCC)CCOCCOCCOCCOCCOC(c1ccccc1)(c1ccccc1)c1ccccc1. The summed E-state index contributed by atoms with van der Waals surface area (Å²) in [5, 5.41) is 8.93. The number of carbonyl (C=O) groups excluding carboxylic acids is 2. The summed E-state index contributed by atoms with van der Waals surface area (Å²) in [4.78, 5) is 39.2. The Balaban J connectivity index is 1.38. The number of carboxylic acid groups (broad SMARTS) is 1. The van der Waals surface area contributed by atoms with E-state index in [1.54, 1.807) is 0 Å². The van der Waals surface area contributed by atoms with Crippen molar-refractivity contribution in [2.45, 2.75) is 173 Å². The smallest absolute Gasteiger partial charge is 0.306 e. The van der Waals surface area contributed by atoms with Gasteiger partial charge in [-0.3, -0.25) is 14.4 Å². The quantitative estimate of drug-likeness (QED) is 0.0248. The van der Waals surface area contributed by atoms with E-state index in [0.29, 0.717) is 105 Å². The first-order valence-electron chi connectivity index (χ1n) is 30.0. The highest BCUT2D eigenvalue weighted by Crippen LogP contribution is 2.40. The Kier molecular flexibility index (Phi) is 41.2. The molecule has 0 aliphatic heterocycles. The van der Waals surface area contributed by atoms with Crippen molar-refractivity contribution in [3.05, 3.63) is 120 Å². The van der Waals surface area contributed by atoms with Gasteiger partial charge in [0.2, 0.25) is 0 Å². The van der Waals surface area contributed by atoms with Crippen molar-refractivity contribution in [1.82, 2.24) is 4.90 Å². The number of hydrogen-bond donors (Lipinski definition) is 1. The molecule has 1 N–H and O–H groups in total. The molecule has 1 unspecified atom stereocenters. The summed E-state index contributed by atoms with van der Waals surface area (Å²) in [7, 11) is 0. The lowest BCUT2D eigenvalue weighted by atomic mass is 9.80. The van der Waals surface area contributed by atoms with E-state index in [4.69, 9.17) is 43.0 Å². The van der Waals surface area contributed by atoms with Crippen molar-refractivity contribution in [2.75, 3.05) is 99.0 Å². The van der Waals surface area contributed by atoms with Crippen LogP contribution in [0.25, 0.3) is 0 Å². The van der Waals surface area contributed by atoms with Gasteiger partial charge in [0.05, 0.1) is 66.1 Å². The first-order chi connectivity index (χ1) is 38.4. The summed E-state index contributed by atoms with van der Waals surface area (Å²) in [6.07, 6.45) is 25.4. The number of ether oxygens (including phenoxy) is 8. The molecule has 0 saturated heterocycles. The van der Waals surface area contributed by atoms with Crippen molar-refractivity contribution < 1.29 is 57.4 Å². The minimum Gasteiger partial charge on any atom is -0.481 e. The van der Waals surface area contributed by atoms with Crippen molar-refractivity contribution >= 4 is 17.8 Å². The number of carboxylic acids is 1. The Hall–Kier alpha value is -4.47. The number of unbranched alkanes of at least 4 members (excludes halogenated alkanes) is 17. The van der Waals surface area contributed by atoms with E-state index in [2.05, 4.69) is 56.3 Å². The summed E-state index contributed by atoms with van der Waals surface area (Å²) in [6.45, 7) is 10.7. The fourth-order valence-corrected chi connectivity index (χ4v) is 9.18.